The molecule has 0 unspecified atom stereocenters. The van der Waals surface area contributed by atoms with Crippen molar-refractivity contribution in [2.24, 2.45) is 0 Å². The van der Waals surface area contributed by atoms with Crippen LogP contribution in [0.2, 0.25) is 0 Å². The summed E-state index contributed by atoms with van der Waals surface area (Å²) in [6.45, 7) is 8.38. The van der Waals surface area contributed by atoms with Gasteiger partial charge in [-0.1, -0.05) is 37.6 Å². The number of carbonyl (C=O) groups excluding carboxylic acids is 1. The van der Waals surface area contributed by atoms with Crippen LogP contribution in [-0.2, 0) is 0 Å². The van der Waals surface area contributed by atoms with Crippen molar-refractivity contribution in [1.29, 1.82) is 0 Å². The molecule has 0 aliphatic rings. The van der Waals surface area contributed by atoms with E-state index < -0.39 is 0 Å². The number of unbranched alkanes of at least 4 members (excludes halogenated alkanes) is 1. The smallest absolute Gasteiger partial charge is 0.255 e. The summed E-state index contributed by atoms with van der Waals surface area (Å²) in [7, 11) is 0. The minimum absolute atomic E-state index is 0.0836. The van der Waals surface area contributed by atoms with Crippen LogP contribution in [0.25, 0.3) is 6.08 Å². The molecule has 0 saturated heterocycles. The molecule has 1 N–H and O–H groups in total. The lowest BCUT2D eigenvalue weighted by atomic mass is 10.1. The van der Waals surface area contributed by atoms with Gasteiger partial charge < -0.3 is 10.2 Å². The monoisotopic (exact) mass is 336 g/mol. The Morgan fingerprint density at radius 3 is 2.16 bits per heavy atom. The van der Waals surface area contributed by atoms with E-state index >= 15 is 0 Å². The minimum atomic E-state index is -0.0836. The van der Waals surface area contributed by atoms with Gasteiger partial charge in [-0.3, -0.25) is 4.79 Å². The van der Waals surface area contributed by atoms with Crippen LogP contribution in [0.5, 0.6) is 0 Å². The predicted molar refractivity (Wildman–Crippen MR) is 108 cm³/mol. The van der Waals surface area contributed by atoms with Gasteiger partial charge in [0.1, 0.15) is 0 Å². The van der Waals surface area contributed by atoms with E-state index in [1.165, 1.54) is 5.69 Å². The Morgan fingerprint density at radius 1 is 0.960 bits per heavy atom. The van der Waals surface area contributed by atoms with E-state index in [4.69, 9.17) is 0 Å². The van der Waals surface area contributed by atoms with E-state index in [9.17, 15) is 4.79 Å². The lowest BCUT2D eigenvalue weighted by Gasteiger charge is -2.21. The van der Waals surface area contributed by atoms with Gasteiger partial charge in [0.15, 0.2) is 0 Å². The van der Waals surface area contributed by atoms with E-state index in [-0.39, 0.29) is 5.91 Å². The van der Waals surface area contributed by atoms with E-state index in [1.807, 2.05) is 48.5 Å². The largest absolute Gasteiger partial charge is 0.372 e. The average molecular weight is 336 g/mol. The third kappa shape index (κ3) is 5.49. The lowest BCUT2D eigenvalue weighted by molar-refractivity contribution is 0.102. The summed E-state index contributed by atoms with van der Waals surface area (Å²) in [5.41, 5.74) is 3.77. The predicted octanol–water partition coefficient (Wildman–Crippen LogP) is 5.60. The number of allylic oxidation sites excluding steroid dienone is 1. The summed E-state index contributed by atoms with van der Waals surface area (Å²) in [5, 5.41) is 2.96. The molecule has 0 bridgehead atoms. The second-order valence-electron chi connectivity index (χ2n) is 5.99. The molecule has 0 aromatic heterocycles. The second-order valence-corrected chi connectivity index (χ2v) is 5.99. The molecule has 132 valence electrons. The number of carbonyl (C=O) groups is 1. The summed E-state index contributed by atoms with van der Waals surface area (Å²) in [5.74, 6) is -0.0836. The van der Waals surface area contributed by atoms with Gasteiger partial charge in [0, 0.05) is 30.0 Å². The van der Waals surface area contributed by atoms with Gasteiger partial charge in [-0.15, -0.1) is 0 Å². The van der Waals surface area contributed by atoms with Gasteiger partial charge in [-0.25, -0.2) is 0 Å². The Morgan fingerprint density at radius 2 is 1.60 bits per heavy atom. The summed E-state index contributed by atoms with van der Waals surface area (Å²) >= 11 is 0. The highest BCUT2D eigenvalue weighted by atomic mass is 16.1. The molecule has 0 radical (unpaired) electrons. The van der Waals surface area contributed by atoms with Crippen LogP contribution in [0.15, 0.2) is 54.6 Å². The summed E-state index contributed by atoms with van der Waals surface area (Å²) < 4.78 is 0. The number of benzene rings is 2. The van der Waals surface area contributed by atoms with Crippen LogP contribution in [0.4, 0.5) is 11.4 Å². The highest BCUT2D eigenvalue weighted by Gasteiger charge is 2.07. The van der Waals surface area contributed by atoms with E-state index in [1.54, 1.807) is 0 Å². The second kappa shape index (κ2) is 9.67. The average Bonchev–Trinajstić information content (AvgIpc) is 2.65. The van der Waals surface area contributed by atoms with Crippen LogP contribution < -0.4 is 10.2 Å². The van der Waals surface area contributed by atoms with Crippen molar-refractivity contribution >= 4 is 23.4 Å². The van der Waals surface area contributed by atoms with Crippen molar-refractivity contribution in [3.05, 3.63) is 65.7 Å². The molecule has 1 amide bonds. The molecular formula is C22H28N2O. The number of hydrogen-bond acceptors (Lipinski definition) is 2. The Hall–Kier alpha value is -2.55. The molecule has 2 aromatic rings. The lowest BCUT2D eigenvalue weighted by Crippen LogP contribution is -2.21. The number of rotatable bonds is 8. The van der Waals surface area contributed by atoms with Crippen LogP contribution in [0.1, 0.15) is 49.5 Å². The number of amides is 1. The maximum absolute atomic E-state index is 12.4. The molecule has 0 aliphatic heterocycles. The molecule has 0 spiro atoms. The third-order valence-corrected chi connectivity index (χ3v) is 4.19. The highest BCUT2D eigenvalue weighted by Crippen LogP contribution is 2.18. The van der Waals surface area contributed by atoms with Gasteiger partial charge in [-0.2, -0.15) is 0 Å². The first-order chi connectivity index (χ1) is 12.2. The van der Waals surface area contributed by atoms with Crippen molar-refractivity contribution < 1.29 is 4.79 Å². The van der Waals surface area contributed by atoms with E-state index in [0.717, 1.165) is 37.2 Å². The summed E-state index contributed by atoms with van der Waals surface area (Å²) in [4.78, 5) is 14.7. The Balaban J connectivity index is 1.99. The van der Waals surface area contributed by atoms with Crippen molar-refractivity contribution in [1.82, 2.24) is 0 Å². The van der Waals surface area contributed by atoms with Crippen molar-refractivity contribution in [2.45, 2.75) is 33.6 Å². The van der Waals surface area contributed by atoms with Gasteiger partial charge >= 0.3 is 0 Å². The summed E-state index contributed by atoms with van der Waals surface area (Å²) in [6, 6.07) is 15.7. The van der Waals surface area contributed by atoms with Gasteiger partial charge in [0.05, 0.1) is 0 Å². The SMILES string of the molecule is CCC/C=C/c1ccc(C(=O)Nc2ccc(N(CC)CC)cc2)cc1. The molecule has 25 heavy (non-hydrogen) atoms. The zero-order valence-electron chi connectivity index (χ0n) is 15.5. The number of nitrogens with zero attached hydrogens (tertiary/aromatic N) is 1. The minimum Gasteiger partial charge on any atom is -0.372 e. The molecule has 2 aromatic carbocycles. The normalized spacial score (nSPS) is 10.8. The third-order valence-electron chi connectivity index (χ3n) is 4.19. The van der Waals surface area contributed by atoms with Crippen LogP contribution in [0, 0.1) is 0 Å². The van der Waals surface area contributed by atoms with Crippen LogP contribution in [-0.4, -0.2) is 19.0 Å². The molecule has 2 rings (SSSR count). The maximum Gasteiger partial charge on any atom is 0.255 e. The fourth-order valence-electron chi connectivity index (χ4n) is 2.68. The van der Waals surface area contributed by atoms with Gasteiger partial charge in [0.25, 0.3) is 5.91 Å². The first kappa shape index (κ1) is 18.8. The fourth-order valence-corrected chi connectivity index (χ4v) is 2.68. The zero-order valence-corrected chi connectivity index (χ0v) is 15.5. The molecule has 0 aliphatic carbocycles. The van der Waals surface area contributed by atoms with Crippen molar-refractivity contribution in [3.63, 3.8) is 0 Å². The van der Waals surface area contributed by atoms with Crippen molar-refractivity contribution in [3.8, 4) is 0 Å². The number of nitrogens with one attached hydrogen (secondary N) is 1. The number of hydrogen-bond donors (Lipinski definition) is 1. The molecule has 0 fully saturated rings. The Kier molecular flexibility index (Phi) is 7.27. The number of anilines is 2. The van der Waals surface area contributed by atoms with E-state index in [0.29, 0.717) is 5.56 Å². The molecule has 0 saturated carbocycles. The van der Waals surface area contributed by atoms with Crippen LogP contribution >= 0.6 is 0 Å². The molecule has 0 atom stereocenters. The quantitative estimate of drug-likeness (QED) is 0.680. The Bertz CT molecular complexity index is 683. The molecule has 3 heteroatoms. The molecular weight excluding hydrogens is 308 g/mol. The molecule has 3 nitrogen and oxygen atoms in total. The standard InChI is InChI=1S/C22H28N2O/c1-4-7-8-9-18-10-12-19(13-11-18)22(25)23-20-14-16-21(17-15-20)24(5-2)6-3/h8-17H,4-7H2,1-3H3,(H,23,25)/b9-8+. The van der Waals surface area contributed by atoms with Crippen LogP contribution in [0.3, 0.4) is 0 Å². The Labute approximate surface area is 151 Å². The topological polar surface area (TPSA) is 32.3 Å². The first-order valence-corrected chi connectivity index (χ1v) is 9.10. The fraction of sp³-hybridized carbons (Fsp3) is 0.318. The van der Waals surface area contributed by atoms with Gasteiger partial charge in [0.2, 0.25) is 0 Å². The summed E-state index contributed by atoms with van der Waals surface area (Å²) in [6.07, 6.45) is 6.47. The van der Waals surface area contributed by atoms with Crippen molar-refractivity contribution in [2.75, 3.05) is 23.3 Å². The first-order valence-electron chi connectivity index (χ1n) is 9.10. The highest BCUT2D eigenvalue weighted by molar-refractivity contribution is 6.04. The zero-order chi connectivity index (χ0) is 18.1. The molecule has 0 heterocycles. The van der Waals surface area contributed by atoms with E-state index in [2.05, 4.69) is 43.1 Å². The maximum atomic E-state index is 12.4. The van der Waals surface area contributed by atoms with Gasteiger partial charge in [-0.05, 0) is 62.2 Å².